The van der Waals surface area contributed by atoms with Gasteiger partial charge in [-0.05, 0) is 55.3 Å². The van der Waals surface area contributed by atoms with Crippen LogP contribution in [0.3, 0.4) is 0 Å². The zero-order valence-corrected chi connectivity index (χ0v) is 16.9. The Balaban J connectivity index is 1.56. The van der Waals surface area contributed by atoms with E-state index in [0.29, 0.717) is 11.3 Å². The van der Waals surface area contributed by atoms with Gasteiger partial charge < -0.3 is 15.0 Å². The van der Waals surface area contributed by atoms with Crippen LogP contribution in [0.1, 0.15) is 31.4 Å². The molecule has 1 aliphatic heterocycles. The van der Waals surface area contributed by atoms with Crippen LogP contribution >= 0.6 is 0 Å². The summed E-state index contributed by atoms with van der Waals surface area (Å²) < 4.78 is 5.30. The molecule has 1 saturated heterocycles. The molecule has 0 aromatic heterocycles. The Hall–Kier alpha value is -3.66. The van der Waals surface area contributed by atoms with Crippen LogP contribution in [-0.4, -0.2) is 30.4 Å². The van der Waals surface area contributed by atoms with E-state index in [1.165, 1.54) is 12.5 Å². The summed E-state index contributed by atoms with van der Waals surface area (Å²) in [6.45, 7) is 3.77. The van der Waals surface area contributed by atoms with E-state index in [0.717, 1.165) is 12.1 Å². The summed E-state index contributed by atoms with van der Waals surface area (Å²) in [6.07, 6.45) is -0.0506. The number of hydrogen-bond donors (Lipinski definition) is 1. The molecule has 2 aromatic rings. The molecule has 30 heavy (non-hydrogen) atoms. The van der Waals surface area contributed by atoms with E-state index in [1.54, 1.807) is 29.2 Å². The Kier molecular flexibility index (Phi) is 6.48. The number of aryl methyl sites for hydroxylation is 1. The second kappa shape index (κ2) is 9.23. The van der Waals surface area contributed by atoms with E-state index < -0.39 is 23.9 Å². The third kappa shape index (κ3) is 4.84. The largest absolute Gasteiger partial charge is 0.452 e. The van der Waals surface area contributed by atoms with Gasteiger partial charge in [0.25, 0.3) is 5.91 Å². The molecular weight excluding hydrogens is 382 g/mol. The number of ether oxygens (including phenoxy) is 1. The number of carbonyl (C=O) groups excluding carboxylic acids is 3. The van der Waals surface area contributed by atoms with Crippen LogP contribution < -0.4 is 10.2 Å². The molecule has 2 amide bonds. The maximum atomic E-state index is 12.5. The molecule has 2 atom stereocenters. The second-order valence-corrected chi connectivity index (χ2v) is 7.18. The fraction of sp³-hybridized carbons (Fsp3) is 0.304. The number of nitriles is 1. The minimum absolute atomic E-state index is 0.0539. The molecule has 0 radical (unpaired) electrons. The molecule has 1 fully saturated rings. The van der Waals surface area contributed by atoms with Crippen molar-refractivity contribution in [3.63, 3.8) is 0 Å². The fourth-order valence-electron chi connectivity index (χ4n) is 3.22. The van der Waals surface area contributed by atoms with Gasteiger partial charge in [0, 0.05) is 24.3 Å². The molecule has 1 heterocycles. The topological polar surface area (TPSA) is 99.5 Å². The SMILES string of the molecule is CCc1ccc(N2C[C@H](C(=O)O[C@@H](C)C(=O)Nc3ccc(C#N)cc3)CC2=O)cc1. The molecule has 3 rings (SSSR count). The lowest BCUT2D eigenvalue weighted by Crippen LogP contribution is -2.33. The van der Waals surface area contributed by atoms with Crippen molar-refractivity contribution in [3.8, 4) is 6.07 Å². The van der Waals surface area contributed by atoms with Crippen molar-refractivity contribution in [2.75, 3.05) is 16.8 Å². The molecule has 154 valence electrons. The van der Waals surface area contributed by atoms with Gasteiger partial charge in [0.1, 0.15) is 0 Å². The first-order valence-corrected chi connectivity index (χ1v) is 9.82. The van der Waals surface area contributed by atoms with Gasteiger partial charge in [-0.3, -0.25) is 14.4 Å². The molecule has 1 N–H and O–H groups in total. The summed E-state index contributed by atoms with van der Waals surface area (Å²) in [7, 11) is 0. The van der Waals surface area contributed by atoms with Crippen LogP contribution in [0.5, 0.6) is 0 Å². The minimum Gasteiger partial charge on any atom is -0.452 e. The Morgan fingerprint density at radius 1 is 1.20 bits per heavy atom. The first kappa shape index (κ1) is 21.1. The van der Waals surface area contributed by atoms with E-state index in [2.05, 4.69) is 12.2 Å². The highest BCUT2D eigenvalue weighted by Gasteiger charge is 2.37. The summed E-state index contributed by atoms with van der Waals surface area (Å²) in [5.74, 6) is -1.81. The van der Waals surface area contributed by atoms with Gasteiger partial charge in [-0.2, -0.15) is 5.26 Å². The first-order valence-electron chi connectivity index (χ1n) is 9.82. The van der Waals surface area contributed by atoms with Crippen molar-refractivity contribution in [2.24, 2.45) is 5.92 Å². The monoisotopic (exact) mass is 405 g/mol. The molecule has 0 saturated carbocycles. The summed E-state index contributed by atoms with van der Waals surface area (Å²) in [5.41, 5.74) is 2.90. The lowest BCUT2D eigenvalue weighted by atomic mass is 10.1. The predicted molar refractivity (Wildman–Crippen MR) is 112 cm³/mol. The van der Waals surface area contributed by atoms with Crippen LogP contribution in [-0.2, 0) is 25.5 Å². The van der Waals surface area contributed by atoms with Gasteiger partial charge in [-0.15, -0.1) is 0 Å². The van der Waals surface area contributed by atoms with Crippen molar-refractivity contribution < 1.29 is 19.1 Å². The fourth-order valence-corrected chi connectivity index (χ4v) is 3.22. The molecule has 2 aromatic carbocycles. The van der Waals surface area contributed by atoms with Gasteiger partial charge in [0.2, 0.25) is 5.91 Å². The number of benzene rings is 2. The predicted octanol–water partition coefficient (Wildman–Crippen LogP) is 3.04. The van der Waals surface area contributed by atoms with Gasteiger partial charge in [-0.25, -0.2) is 0 Å². The average molecular weight is 405 g/mol. The summed E-state index contributed by atoms with van der Waals surface area (Å²) in [6, 6.07) is 16.0. The number of nitrogens with zero attached hydrogens (tertiary/aromatic N) is 2. The Morgan fingerprint density at radius 3 is 2.47 bits per heavy atom. The average Bonchev–Trinajstić information content (AvgIpc) is 3.16. The van der Waals surface area contributed by atoms with Crippen LogP contribution in [0.15, 0.2) is 48.5 Å². The van der Waals surface area contributed by atoms with Crippen molar-refractivity contribution in [2.45, 2.75) is 32.8 Å². The van der Waals surface area contributed by atoms with Crippen molar-refractivity contribution in [3.05, 3.63) is 59.7 Å². The number of hydrogen-bond acceptors (Lipinski definition) is 5. The van der Waals surface area contributed by atoms with Gasteiger partial charge in [0.15, 0.2) is 6.10 Å². The third-order valence-electron chi connectivity index (χ3n) is 5.06. The van der Waals surface area contributed by atoms with Crippen LogP contribution in [0, 0.1) is 17.2 Å². The normalized spacial score (nSPS) is 16.6. The first-order chi connectivity index (χ1) is 14.4. The third-order valence-corrected chi connectivity index (χ3v) is 5.06. The Bertz CT molecular complexity index is 977. The van der Waals surface area contributed by atoms with E-state index in [9.17, 15) is 14.4 Å². The van der Waals surface area contributed by atoms with Gasteiger partial charge >= 0.3 is 5.97 Å². The zero-order valence-electron chi connectivity index (χ0n) is 16.9. The van der Waals surface area contributed by atoms with Crippen molar-refractivity contribution in [1.29, 1.82) is 5.26 Å². The van der Waals surface area contributed by atoms with E-state index in [4.69, 9.17) is 10.00 Å². The summed E-state index contributed by atoms with van der Waals surface area (Å²) in [4.78, 5) is 38.7. The highest BCUT2D eigenvalue weighted by Crippen LogP contribution is 2.26. The lowest BCUT2D eigenvalue weighted by Gasteiger charge is -2.18. The maximum Gasteiger partial charge on any atom is 0.312 e. The molecule has 7 heteroatoms. The Labute approximate surface area is 175 Å². The minimum atomic E-state index is -1.01. The zero-order chi connectivity index (χ0) is 21.7. The molecule has 7 nitrogen and oxygen atoms in total. The quantitative estimate of drug-likeness (QED) is 0.745. The standard InChI is InChI=1S/C23H23N3O4/c1-3-16-6-10-20(11-7-16)26-14-18(12-21(26)27)23(29)30-15(2)22(28)25-19-8-4-17(13-24)5-9-19/h4-11,15,18H,3,12,14H2,1-2H3,(H,25,28)/t15-,18+/m0/s1. The Morgan fingerprint density at radius 2 is 1.87 bits per heavy atom. The molecule has 0 spiro atoms. The van der Waals surface area contributed by atoms with Crippen molar-refractivity contribution in [1.82, 2.24) is 0 Å². The van der Waals surface area contributed by atoms with Gasteiger partial charge in [0.05, 0.1) is 17.6 Å². The number of amides is 2. The van der Waals surface area contributed by atoms with E-state index in [1.807, 2.05) is 30.3 Å². The number of nitrogens with one attached hydrogen (secondary N) is 1. The van der Waals surface area contributed by atoms with Gasteiger partial charge in [-0.1, -0.05) is 19.1 Å². The lowest BCUT2D eigenvalue weighted by molar-refractivity contribution is -0.157. The molecule has 1 aliphatic rings. The number of anilines is 2. The summed E-state index contributed by atoms with van der Waals surface area (Å²) in [5, 5.41) is 11.5. The van der Waals surface area contributed by atoms with E-state index >= 15 is 0 Å². The second-order valence-electron chi connectivity index (χ2n) is 7.18. The molecule has 0 aliphatic carbocycles. The van der Waals surface area contributed by atoms with E-state index in [-0.39, 0.29) is 18.9 Å². The smallest absolute Gasteiger partial charge is 0.312 e. The van der Waals surface area contributed by atoms with Crippen LogP contribution in [0.25, 0.3) is 0 Å². The molecule has 0 bridgehead atoms. The van der Waals surface area contributed by atoms with Crippen LogP contribution in [0.4, 0.5) is 11.4 Å². The molecular formula is C23H23N3O4. The highest BCUT2D eigenvalue weighted by molar-refractivity contribution is 6.00. The number of rotatable bonds is 6. The van der Waals surface area contributed by atoms with Crippen molar-refractivity contribution >= 4 is 29.2 Å². The highest BCUT2D eigenvalue weighted by atomic mass is 16.5. The summed E-state index contributed by atoms with van der Waals surface area (Å²) >= 11 is 0. The number of esters is 1. The maximum absolute atomic E-state index is 12.5. The van der Waals surface area contributed by atoms with Crippen LogP contribution in [0.2, 0.25) is 0 Å². The number of carbonyl (C=O) groups is 3. The molecule has 0 unspecified atom stereocenters.